The zero-order chi connectivity index (χ0) is 29.4. The lowest BCUT2D eigenvalue weighted by molar-refractivity contribution is -0.142. The van der Waals surface area contributed by atoms with Crippen LogP contribution in [0.4, 0.5) is 4.79 Å². The van der Waals surface area contributed by atoms with E-state index >= 15 is 0 Å². The number of carbonyl (C=O) groups excluding carboxylic acids is 3. The molecular weight excluding hydrogens is 510 g/mol. The molecule has 7 nitrogen and oxygen atoms in total. The number of carbonyl (C=O) groups is 3. The Balaban J connectivity index is 3.36. The number of thiol groups is 1. The van der Waals surface area contributed by atoms with Gasteiger partial charge in [0.25, 0.3) is 0 Å². The van der Waals surface area contributed by atoms with Gasteiger partial charge in [0, 0.05) is 18.8 Å². The Labute approximate surface area is 242 Å². The van der Waals surface area contributed by atoms with Crippen LogP contribution in [-0.2, 0) is 14.3 Å². The molecule has 0 spiro atoms. The zero-order valence-corrected chi connectivity index (χ0v) is 26.3. The number of rotatable bonds is 17. The minimum Gasteiger partial charge on any atom is -0.444 e. The van der Waals surface area contributed by atoms with Gasteiger partial charge in [-0.2, -0.15) is 12.6 Å². The number of nitrogens with zero attached hydrogens (tertiary/aromatic N) is 1. The third-order valence-electron chi connectivity index (χ3n) is 6.41. The van der Waals surface area contributed by atoms with Gasteiger partial charge in [0.15, 0.2) is 0 Å². The summed E-state index contributed by atoms with van der Waals surface area (Å²) in [5.74, 6) is -0.453. The molecule has 2 unspecified atom stereocenters. The summed E-state index contributed by atoms with van der Waals surface area (Å²) in [4.78, 5) is 42.0. The maximum absolute atomic E-state index is 14.0. The summed E-state index contributed by atoms with van der Waals surface area (Å²) < 4.78 is 5.40. The monoisotopic (exact) mass is 563 g/mol. The van der Waals surface area contributed by atoms with Crippen LogP contribution in [0.5, 0.6) is 0 Å². The smallest absolute Gasteiger partial charge is 0.408 e. The fourth-order valence-corrected chi connectivity index (χ4v) is 4.84. The molecule has 0 aliphatic heterocycles. The molecule has 222 valence electrons. The Hall–Kier alpha value is -2.22. The maximum Gasteiger partial charge on any atom is 0.408 e. The highest BCUT2D eigenvalue weighted by molar-refractivity contribution is 7.80. The molecule has 0 aliphatic carbocycles. The van der Waals surface area contributed by atoms with Gasteiger partial charge in [-0.15, -0.1) is 0 Å². The summed E-state index contributed by atoms with van der Waals surface area (Å²) in [5.41, 5.74) is 2.12. The van der Waals surface area contributed by atoms with Crippen LogP contribution >= 0.6 is 12.6 Å². The third kappa shape index (κ3) is 13.6. The summed E-state index contributed by atoms with van der Waals surface area (Å²) in [6, 6.07) is 4.27. The number of alkyl carbamates (subject to hydrolysis) is 1. The number of nitrogens with one attached hydrogen (secondary N) is 2. The zero-order valence-electron chi connectivity index (χ0n) is 25.4. The minimum absolute atomic E-state index is 0.0861. The summed E-state index contributed by atoms with van der Waals surface area (Å²) in [5, 5.41) is 5.76. The van der Waals surface area contributed by atoms with Gasteiger partial charge in [-0.3, -0.25) is 9.59 Å². The fourth-order valence-electron chi connectivity index (χ4n) is 4.59. The SMILES string of the molecule is CCCCCCCCN(C(=O)C(CS)NC(=O)OC(C)(C)C)C(C(=O)NCCCCC)c1cc(C)cc(C)c1. The van der Waals surface area contributed by atoms with Crippen LogP contribution in [0.2, 0.25) is 0 Å². The van der Waals surface area contributed by atoms with Crippen LogP contribution in [0.25, 0.3) is 0 Å². The Bertz CT molecular complexity index is 880. The van der Waals surface area contributed by atoms with Crippen molar-refractivity contribution in [3.05, 3.63) is 34.9 Å². The van der Waals surface area contributed by atoms with Crippen molar-refractivity contribution in [1.29, 1.82) is 0 Å². The van der Waals surface area contributed by atoms with Crippen molar-refractivity contribution in [2.45, 2.75) is 124 Å². The quantitative estimate of drug-likeness (QED) is 0.146. The van der Waals surface area contributed by atoms with Crippen molar-refractivity contribution in [1.82, 2.24) is 15.5 Å². The predicted molar refractivity (Wildman–Crippen MR) is 163 cm³/mol. The number of benzene rings is 1. The second kappa shape index (κ2) is 18.2. The molecule has 3 amide bonds. The standard InChI is InChI=1S/C31H53N3O4S/c1-8-10-12-13-14-16-18-34(29(36)26(22-39)33-30(37)38-31(5,6)7)27(28(35)32-17-15-11-9-2)25-20-23(3)19-24(4)21-25/h19-21,26-27,39H,8-18,22H2,1-7H3,(H,32,35)(H,33,37). The normalized spacial score (nSPS) is 12.9. The lowest BCUT2D eigenvalue weighted by Gasteiger charge is -2.34. The molecule has 8 heteroatoms. The molecular formula is C31H53N3O4S. The second-order valence-electron chi connectivity index (χ2n) is 11.5. The number of unbranched alkanes of at least 4 members (excludes halogenated alkanes) is 7. The van der Waals surface area contributed by atoms with E-state index in [1.807, 2.05) is 26.0 Å². The van der Waals surface area contributed by atoms with Crippen molar-refractivity contribution >= 4 is 30.5 Å². The van der Waals surface area contributed by atoms with Crippen LogP contribution in [0.3, 0.4) is 0 Å². The van der Waals surface area contributed by atoms with E-state index in [0.717, 1.165) is 68.1 Å². The van der Waals surface area contributed by atoms with E-state index in [4.69, 9.17) is 4.74 Å². The van der Waals surface area contributed by atoms with Gasteiger partial charge in [0.05, 0.1) is 0 Å². The highest BCUT2D eigenvalue weighted by Gasteiger charge is 2.35. The molecule has 1 aromatic carbocycles. The highest BCUT2D eigenvalue weighted by Crippen LogP contribution is 2.26. The number of aryl methyl sites for hydroxylation is 2. The van der Waals surface area contributed by atoms with Gasteiger partial charge < -0.3 is 20.3 Å². The molecule has 1 aromatic rings. The summed E-state index contributed by atoms with van der Waals surface area (Å²) >= 11 is 4.39. The van der Waals surface area contributed by atoms with Crippen LogP contribution in [0.1, 0.15) is 115 Å². The first-order valence-electron chi connectivity index (χ1n) is 14.7. The molecule has 0 aromatic heterocycles. The van der Waals surface area contributed by atoms with Crippen LogP contribution in [-0.4, -0.2) is 53.3 Å². The van der Waals surface area contributed by atoms with Gasteiger partial charge in [0.2, 0.25) is 11.8 Å². The molecule has 1 rings (SSSR count). The Morgan fingerprint density at radius 3 is 2.03 bits per heavy atom. The largest absolute Gasteiger partial charge is 0.444 e. The molecule has 0 fully saturated rings. The van der Waals surface area contributed by atoms with E-state index in [9.17, 15) is 14.4 Å². The maximum atomic E-state index is 14.0. The van der Waals surface area contributed by atoms with Crippen molar-refractivity contribution in [2.75, 3.05) is 18.8 Å². The number of amides is 3. The summed E-state index contributed by atoms with van der Waals surface area (Å²) in [6.07, 6.45) is 8.61. The van der Waals surface area contributed by atoms with E-state index in [2.05, 4.69) is 43.2 Å². The molecule has 39 heavy (non-hydrogen) atoms. The first kappa shape index (κ1) is 34.8. The fraction of sp³-hybridized carbons (Fsp3) is 0.710. The van der Waals surface area contributed by atoms with Gasteiger partial charge in [-0.25, -0.2) is 4.79 Å². The first-order valence-corrected chi connectivity index (χ1v) is 15.3. The van der Waals surface area contributed by atoms with Gasteiger partial charge >= 0.3 is 6.09 Å². The topological polar surface area (TPSA) is 87.7 Å². The lowest BCUT2D eigenvalue weighted by Crippen LogP contribution is -2.54. The van der Waals surface area contributed by atoms with Gasteiger partial charge in [0.1, 0.15) is 17.7 Å². The van der Waals surface area contributed by atoms with E-state index in [0.29, 0.717) is 13.1 Å². The van der Waals surface area contributed by atoms with Gasteiger partial charge in [-0.1, -0.05) is 88.1 Å². The molecule has 0 aliphatic rings. The molecule has 2 atom stereocenters. The molecule has 0 saturated carbocycles. The number of hydrogen-bond acceptors (Lipinski definition) is 5. The molecule has 2 N–H and O–H groups in total. The molecule has 0 saturated heterocycles. The average molecular weight is 564 g/mol. The summed E-state index contributed by atoms with van der Waals surface area (Å²) in [7, 11) is 0. The van der Waals surface area contributed by atoms with Crippen LogP contribution in [0.15, 0.2) is 18.2 Å². The number of hydrogen-bond donors (Lipinski definition) is 3. The van der Waals surface area contributed by atoms with Crippen molar-refractivity contribution in [3.63, 3.8) is 0 Å². The van der Waals surface area contributed by atoms with Crippen molar-refractivity contribution in [2.24, 2.45) is 0 Å². The van der Waals surface area contributed by atoms with Gasteiger partial charge in [-0.05, 0) is 53.0 Å². The lowest BCUT2D eigenvalue weighted by atomic mass is 9.98. The average Bonchev–Trinajstić information content (AvgIpc) is 2.84. The summed E-state index contributed by atoms with van der Waals surface area (Å²) in [6.45, 7) is 14.6. The third-order valence-corrected chi connectivity index (χ3v) is 6.77. The first-order chi connectivity index (χ1) is 18.4. The van der Waals surface area contributed by atoms with Crippen LogP contribution in [0, 0.1) is 13.8 Å². The number of ether oxygens (including phenoxy) is 1. The Morgan fingerprint density at radius 1 is 0.897 bits per heavy atom. The molecule has 0 radical (unpaired) electrons. The highest BCUT2D eigenvalue weighted by atomic mass is 32.1. The van der Waals surface area contributed by atoms with E-state index < -0.39 is 23.8 Å². The van der Waals surface area contributed by atoms with E-state index in [1.165, 1.54) is 6.42 Å². The van der Waals surface area contributed by atoms with E-state index in [-0.39, 0.29) is 17.6 Å². The van der Waals surface area contributed by atoms with Crippen molar-refractivity contribution < 1.29 is 19.1 Å². The van der Waals surface area contributed by atoms with Crippen LogP contribution < -0.4 is 10.6 Å². The molecule has 0 bridgehead atoms. The molecule has 0 heterocycles. The second-order valence-corrected chi connectivity index (χ2v) is 11.9. The predicted octanol–water partition coefficient (Wildman–Crippen LogP) is 6.66. The van der Waals surface area contributed by atoms with Crippen molar-refractivity contribution in [3.8, 4) is 0 Å². The minimum atomic E-state index is -0.926. The Kier molecular flexibility index (Phi) is 16.2. The van der Waals surface area contributed by atoms with E-state index in [1.54, 1.807) is 25.7 Å². The Morgan fingerprint density at radius 2 is 1.46 bits per heavy atom.